The smallest absolute Gasteiger partial charge is 0.235 e. The van der Waals surface area contributed by atoms with Crippen LogP contribution < -0.4 is 5.73 Å². The summed E-state index contributed by atoms with van der Waals surface area (Å²) >= 11 is 0. The maximum absolute atomic E-state index is 12.8. The van der Waals surface area contributed by atoms with Crippen LogP contribution in [0.15, 0.2) is 6.07 Å². The number of halogens is 1. The molecule has 0 radical (unpaired) electrons. The number of nitrogen functional groups attached to an aromatic ring is 1. The summed E-state index contributed by atoms with van der Waals surface area (Å²) in [6.45, 7) is 3.85. The van der Waals surface area contributed by atoms with E-state index in [0.717, 1.165) is 17.7 Å². The lowest BCUT2D eigenvalue weighted by molar-refractivity contribution is 0.571. The van der Waals surface area contributed by atoms with Gasteiger partial charge in [-0.25, -0.2) is 4.98 Å². The second kappa shape index (κ2) is 2.94. The van der Waals surface area contributed by atoms with Crippen LogP contribution in [0, 0.1) is 12.9 Å². The molecule has 0 amide bonds. The number of aryl methyl sites for hydroxylation is 1. The van der Waals surface area contributed by atoms with Crippen LogP contribution in [0.4, 0.5) is 10.2 Å². The molecule has 0 fully saturated rings. The predicted molar refractivity (Wildman–Crippen MR) is 51.5 cm³/mol. The summed E-state index contributed by atoms with van der Waals surface area (Å²) in [4.78, 5) is 4.26. The highest BCUT2D eigenvalue weighted by molar-refractivity contribution is 5.52. The van der Waals surface area contributed by atoms with Gasteiger partial charge in [-0.3, -0.25) is 0 Å². The first-order valence-electron chi connectivity index (χ1n) is 4.43. The molecular formula is C9H11FN4. The topological polar surface area (TPSA) is 56.2 Å². The van der Waals surface area contributed by atoms with Gasteiger partial charge in [0.05, 0.1) is 0 Å². The van der Waals surface area contributed by atoms with Crippen molar-refractivity contribution in [1.82, 2.24) is 14.6 Å². The molecular weight excluding hydrogens is 183 g/mol. The molecule has 2 N–H and O–H groups in total. The molecule has 0 spiro atoms. The van der Waals surface area contributed by atoms with Gasteiger partial charge in [0, 0.05) is 17.3 Å². The van der Waals surface area contributed by atoms with Crippen molar-refractivity contribution in [2.45, 2.75) is 20.3 Å². The van der Waals surface area contributed by atoms with E-state index in [1.165, 1.54) is 10.6 Å². The Bertz CT molecular complexity index is 489. The number of anilines is 1. The molecule has 0 aromatic carbocycles. The molecule has 0 bridgehead atoms. The minimum Gasteiger partial charge on any atom is -0.383 e. The van der Waals surface area contributed by atoms with Crippen molar-refractivity contribution in [3.8, 4) is 0 Å². The molecule has 2 aromatic rings. The maximum Gasteiger partial charge on any atom is 0.235 e. The first kappa shape index (κ1) is 8.93. The minimum absolute atomic E-state index is 0.454. The highest BCUT2D eigenvalue weighted by Gasteiger charge is 2.10. The van der Waals surface area contributed by atoms with Gasteiger partial charge in [-0.05, 0) is 13.3 Å². The fourth-order valence-corrected chi connectivity index (χ4v) is 1.47. The molecule has 0 aliphatic carbocycles. The van der Waals surface area contributed by atoms with Crippen molar-refractivity contribution >= 4 is 11.5 Å². The summed E-state index contributed by atoms with van der Waals surface area (Å²) in [5, 5.41) is 3.61. The molecule has 0 unspecified atom stereocenters. The molecule has 14 heavy (non-hydrogen) atoms. The molecule has 2 aromatic heterocycles. The van der Waals surface area contributed by atoms with Crippen LogP contribution in [0.25, 0.3) is 5.65 Å². The molecule has 4 nitrogen and oxygen atoms in total. The average Bonchev–Trinajstić information content (AvgIpc) is 2.52. The van der Waals surface area contributed by atoms with Gasteiger partial charge in [-0.1, -0.05) is 6.92 Å². The van der Waals surface area contributed by atoms with Gasteiger partial charge in [-0.15, -0.1) is 5.10 Å². The van der Waals surface area contributed by atoms with Crippen molar-refractivity contribution < 1.29 is 4.39 Å². The summed E-state index contributed by atoms with van der Waals surface area (Å²) in [7, 11) is 0. The van der Waals surface area contributed by atoms with E-state index in [2.05, 4.69) is 10.1 Å². The second-order valence-corrected chi connectivity index (χ2v) is 3.16. The number of aromatic nitrogens is 3. The first-order chi connectivity index (χ1) is 6.63. The first-order valence-corrected chi connectivity index (χ1v) is 4.43. The molecule has 0 aliphatic heterocycles. The van der Waals surface area contributed by atoms with Gasteiger partial charge in [-0.2, -0.15) is 8.91 Å². The van der Waals surface area contributed by atoms with E-state index >= 15 is 0 Å². The van der Waals surface area contributed by atoms with Crippen LogP contribution in [-0.4, -0.2) is 14.6 Å². The van der Waals surface area contributed by atoms with E-state index in [1.807, 2.05) is 13.8 Å². The minimum atomic E-state index is -0.558. The Labute approximate surface area is 80.6 Å². The normalized spacial score (nSPS) is 11.1. The van der Waals surface area contributed by atoms with Crippen molar-refractivity contribution in [2.75, 3.05) is 5.73 Å². The van der Waals surface area contributed by atoms with Crippen LogP contribution in [0.5, 0.6) is 0 Å². The van der Waals surface area contributed by atoms with E-state index < -0.39 is 5.95 Å². The van der Waals surface area contributed by atoms with Crippen molar-refractivity contribution in [1.29, 1.82) is 0 Å². The third kappa shape index (κ3) is 1.13. The summed E-state index contributed by atoms with van der Waals surface area (Å²) in [6, 6.07) is 1.27. The largest absolute Gasteiger partial charge is 0.383 e. The van der Waals surface area contributed by atoms with Crippen LogP contribution in [0.2, 0.25) is 0 Å². The monoisotopic (exact) mass is 194 g/mol. The van der Waals surface area contributed by atoms with E-state index in [0.29, 0.717) is 11.5 Å². The molecule has 0 saturated carbocycles. The number of rotatable bonds is 1. The van der Waals surface area contributed by atoms with Crippen molar-refractivity contribution in [3.05, 3.63) is 23.3 Å². The third-order valence-electron chi connectivity index (χ3n) is 2.29. The molecule has 0 saturated heterocycles. The Balaban J connectivity index is 2.84. The van der Waals surface area contributed by atoms with Crippen LogP contribution >= 0.6 is 0 Å². The van der Waals surface area contributed by atoms with Gasteiger partial charge in [0.15, 0.2) is 5.65 Å². The van der Waals surface area contributed by atoms with E-state index in [1.54, 1.807) is 0 Å². The molecule has 74 valence electrons. The molecule has 2 heterocycles. The molecule has 2 rings (SSSR count). The summed E-state index contributed by atoms with van der Waals surface area (Å²) in [5.74, 6) is -0.104. The average molecular weight is 194 g/mol. The summed E-state index contributed by atoms with van der Waals surface area (Å²) in [6.07, 6.45) is 0.777. The number of hydrogen-bond acceptors (Lipinski definition) is 3. The highest BCUT2D eigenvalue weighted by Crippen LogP contribution is 2.17. The molecule has 5 heteroatoms. The fraction of sp³-hybridized carbons (Fsp3) is 0.333. The SMILES string of the molecule is CCc1nc2cc(F)nn2c(N)c1C. The highest BCUT2D eigenvalue weighted by atomic mass is 19.1. The Morgan fingerprint density at radius 1 is 1.57 bits per heavy atom. The zero-order valence-corrected chi connectivity index (χ0v) is 8.08. The number of fused-ring (bicyclic) bond motifs is 1. The Kier molecular flexibility index (Phi) is 1.87. The zero-order chi connectivity index (χ0) is 10.3. The van der Waals surface area contributed by atoms with E-state index in [4.69, 9.17) is 5.73 Å². The van der Waals surface area contributed by atoms with Crippen LogP contribution in [0.1, 0.15) is 18.2 Å². The number of hydrogen-bond donors (Lipinski definition) is 1. The Morgan fingerprint density at radius 3 is 2.93 bits per heavy atom. The van der Waals surface area contributed by atoms with Gasteiger partial charge in [0.25, 0.3) is 0 Å². The number of nitrogens with zero attached hydrogens (tertiary/aromatic N) is 3. The van der Waals surface area contributed by atoms with Gasteiger partial charge in [0.1, 0.15) is 5.82 Å². The Hall–Kier alpha value is -1.65. The summed E-state index contributed by atoms with van der Waals surface area (Å²) < 4.78 is 14.2. The summed E-state index contributed by atoms with van der Waals surface area (Å²) in [5.41, 5.74) is 8.01. The fourth-order valence-electron chi connectivity index (χ4n) is 1.47. The van der Waals surface area contributed by atoms with Crippen molar-refractivity contribution in [2.24, 2.45) is 0 Å². The quantitative estimate of drug-likeness (QED) is 0.744. The Morgan fingerprint density at radius 2 is 2.29 bits per heavy atom. The third-order valence-corrected chi connectivity index (χ3v) is 2.29. The maximum atomic E-state index is 12.8. The van der Waals surface area contributed by atoms with E-state index in [9.17, 15) is 4.39 Å². The van der Waals surface area contributed by atoms with Crippen LogP contribution in [0.3, 0.4) is 0 Å². The lowest BCUT2D eigenvalue weighted by atomic mass is 10.2. The van der Waals surface area contributed by atoms with Gasteiger partial charge >= 0.3 is 0 Å². The lowest BCUT2D eigenvalue weighted by Gasteiger charge is -2.06. The lowest BCUT2D eigenvalue weighted by Crippen LogP contribution is -2.06. The standard InChI is InChI=1S/C9H11FN4/c1-3-6-5(2)9(11)14-8(12-6)4-7(10)13-14/h4H,3,11H2,1-2H3. The van der Waals surface area contributed by atoms with Gasteiger partial charge in [0.2, 0.25) is 5.95 Å². The van der Waals surface area contributed by atoms with E-state index in [-0.39, 0.29) is 0 Å². The predicted octanol–water partition coefficient (Wildman–Crippen LogP) is 1.32. The van der Waals surface area contributed by atoms with Crippen molar-refractivity contribution in [3.63, 3.8) is 0 Å². The molecule has 0 aliphatic rings. The zero-order valence-electron chi connectivity index (χ0n) is 8.08. The second-order valence-electron chi connectivity index (χ2n) is 3.16. The van der Waals surface area contributed by atoms with Crippen LogP contribution in [-0.2, 0) is 6.42 Å². The molecule has 0 atom stereocenters. The van der Waals surface area contributed by atoms with Gasteiger partial charge < -0.3 is 5.73 Å². The number of nitrogens with two attached hydrogens (primary N) is 1.